The summed E-state index contributed by atoms with van der Waals surface area (Å²) in [5.41, 5.74) is 0.289. The van der Waals surface area contributed by atoms with E-state index in [0.717, 1.165) is 0 Å². The quantitative estimate of drug-likeness (QED) is 0.836. The molecule has 0 aliphatic carbocycles. The molecule has 0 amide bonds. The van der Waals surface area contributed by atoms with Crippen LogP contribution in [0.1, 0.15) is 0 Å². The molecule has 1 aromatic rings. The fourth-order valence-corrected chi connectivity index (χ4v) is 3.49. The van der Waals surface area contributed by atoms with E-state index in [4.69, 9.17) is 21.1 Å². The van der Waals surface area contributed by atoms with Crippen LogP contribution in [0.25, 0.3) is 0 Å². The van der Waals surface area contributed by atoms with Gasteiger partial charge in [0, 0.05) is 38.3 Å². The maximum atomic E-state index is 12.4. The van der Waals surface area contributed by atoms with Gasteiger partial charge in [-0.25, -0.2) is 0 Å². The Morgan fingerprint density at radius 2 is 1.81 bits per heavy atom. The largest absolute Gasteiger partial charge is 0.495 e. The SMILES string of the molecule is COc1cc(NS(=O)(=O)N2CCNCC2)c(OC)cc1Cl. The zero-order valence-electron chi connectivity index (χ0n) is 11.8. The first-order valence-electron chi connectivity index (χ1n) is 6.38. The molecule has 0 atom stereocenters. The molecule has 2 N–H and O–H groups in total. The van der Waals surface area contributed by atoms with Crippen molar-refractivity contribution in [2.24, 2.45) is 0 Å². The molecule has 0 saturated carbocycles. The first-order chi connectivity index (χ1) is 9.97. The van der Waals surface area contributed by atoms with Crippen LogP contribution in [0, 0.1) is 0 Å². The summed E-state index contributed by atoms with van der Waals surface area (Å²) in [5.74, 6) is 0.704. The number of nitrogens with zero attached hydrogens (tertiary/aromatic N) is 1. The van der Waals surface area contributed by atoms with Gasteiger partial charge in [0.1, 0.15) is 11.5 Å². The van der Waals surface area contributed by atoms with E-state index in [2.05, 4.69) is 10.0 Å². The predicted octanol–water partition coefficient (Wildman–Crippen LogP) is 0.919. The van der Waals surface area contributed by atoms with E-state index in [9.17, 15) is 8.42 Å². The van der Waals surface area contributed by atoms with Gasteiger partial charge in [-0.15, -0.1) is 0 Å². The number of anilines is 1. The van der Waals surface area contributed by atoms with Crippen molar-refractivity contribution in [2.75, 3.05) is 45.1 Å². The van der Waals surface area contributed by atoms with Gasteiger partial charge in [0.05, 0.1) is 24.9 Å². The number of halogens is 1. The average molecular weight is 336 g/mol. The Bertz CT molecular complexity index is 603. The standard InChI is InChI=1S/C12H18ClN3O4S/c1-19-11-8-10(12(20-2)7-9(11)13)15-21(17,18)16-5-3-14-4-6-16/h7-8,14-15H,3-6H2,1-2H3. The number of hydrogen-bond acceptors (Lipinski definition) is 5. The third kappa shape index (κ3) is 3.70. The molecule has 0 unspecified atom stereocenters. The van der Waals surface area contributed by atoms with E-state index in [-0.39, 0.29) is 5.69 Å². The molecule has 0 radical (unpaired) electrons. The zero-order chi connectivity index (χ0) is 15.5. The molecule has 1 fully saturated rings. The van der Waals surface area contributed by atoms with Crippen molar-refractivity contribution in [3.05, 3.63) is 17.2 Å². The highest BCUT2D eigenvalue weighted by molar-refractivity contribution is 7.90. The van der Waals surface area contributed by atoms with Gasteiger partial charge >= 0.3 is 10.2 Å². The lowest BCUT2D eigenvalue weighted by molar-refractivity contribution is 0.362. The van der Waals surface area contributed by atoms with Crippen LogP contribution in [0.2, 0.25) is 5.02 Å². The van der Waals surface area contributed by atoms with Gasteiger partial charge in [-0.3, -0.25) is 4.72 Å². The second-order valence-corrected chi connectivity index (χ2v) is 6.52. The zero-order valence-corrected chi connectivity index (χ0v) is 13.4. The molecule has 9 heteroatoms. The summed E-state index contributed by atoms with van der Waals surface area (Å²) in [6.45, 7) is 2.09. The van der Waals surface area contributed by atoms with Crippen LogP contribution >= 0.6 is 11.6 Å². The summed E-state index contributed by atoms with van der Waals surface area (Å²) in [5, 5.41) is 3.45. The summed E-state index contributed by atoms with van der Waals surface area (Å²) in [6, 6.07) is 3.01. The maximum absolute atomic E-state index is 12.4. The molecule has 2 rings (SSSR count). The molecule has 1 aliphatic heterocycles. The molecular formula is C12H18ClN3O4S. The molecule has 1 aliphatic rings. The number of rotatable bonds is 5. The van der Waals surface area contributed by atoms with Gasteiger partial charge in [-0.05, 0) is 0 Å². The van der Waals surface area contributed by atoms with Crippen LogP contribution in [0.4, 0.5) is 5.69 Å². The van der Waals surface area contributed by atoms with E-state index in [0.29, 0.717) is 42.7 Å². The number of ether oxygens (including phenoxy) is 2. The summed E-state index contributed by atoms with van der Waals surface area (Å²) in [6.07, 6.45) is 0. The van der Waals surface area contributed by atoms with Gasteiger partial charge in [-0.2, -0.15) is 12.7 Å². The van der Waals surface area contributed by atoms with Crippen molar-refractivity contribution in [3.8, 4) is 11.5 Å². The molecule has 0 spiro atoms. The molecule has 0 bridgehead atoms. The predicted molar refractivity (Wildman–Crippen MR) is 81.5 cm³/mol. The van der Waals surface area contributed by atoms with Crippen LogP contribution in [-0.4, -0.2) is 53.1 Å². The lowest BCUT2D eigenvalue weighted by atomic mass is 10.3. The lowest BCUT2D eigenvalue weighted by Gasteiger charge is -2.27. The third-order valence-corrected chi connectivity index (χ3v) is 4.95. The molecule has 1 heterocycles. The summed E-state index contributed by atoms with van der Waals surface area (Å²) >= 11 is 6.00. The van der Waals surface area contributed by atoms with Crippen molar-refractivity contribution in [2.45, 2.75) is 0 Å². The minimum Gasteiger partial charge on any atom is -0.495 e. The van der Waals surface area contributed by atoms with E-state index < -0.39 is 10.2 Å². The van der Waals surface area contributed by atoms with Gasteiger partial charge in [0.25, 0.3) is 0 Å². The van der Waals surface area contributed by atoms with Gasteiger partial charge < -0.3 is 14.8 Å². The molecular weight excluding hydrogens is 318 g/mol. The molecule has 1 saturated heterocycles. The number of methoxy groups -OCH3 is 2. The lowest BCUT2D eigenvalue weighted by Crippen LogP contribution is -2.48. The summed E-state index contributed by atoms with van der Waals surface area (Å²) < 4.78 is 38.9. The Hall–Kier alpha value is -1.22. The minimum absolute atomic E-state index is 0.289. The second-order valence-electron chi connectivity index (χ2n) is 4.44. The van der Waals surface area contributed by atoms with Crippen molar-refractivity contribution in [3.63, 3.8) is 0 Å². The Morgan fingerprint density at radius 3 is 2.38 bits per heavy atom. The molecule has 0 aromatic heterocycles. The maximum Gasteiger partial charge on any atom is 0.301 e. The van der Waals surface area contributed by atoms with Gasteiger partial charge in [-0.1, -0.05) is 11.6 Å². The van der Waals surface area contributed by atoms with Crippen LogP contribution in [0.5, 0.6) is 11.5 Å². The average Bonchev–Trinajstić information content (AvgIpc) is 2.49. The van der Waals surface area contributed by atoms with Crippen LogP contribution in [0.3, 0.4) is 0 Å². The number of benzene rings is 1. The fraction of sp³-hybridized carbons (Fsp3) is 0.500. The Labute approximate surface area is 129 Å². The topological polar surface area (TPSA) is 79.9 Å². The number of piperazine rings is 1. The fourth-order valence-electron chi connectivity index (χ4n) is 2.03. The molecule has 118 valence electrons. The monoisotopic (exact) mass is 335 g/mol. The number of hydrogen-bond donors (Lipinski definition) is 2. The number of nitrogens with one attached hydrogen (secondary N) is 2. The van der Waals surface area contributed by atoms with Crippen LogP contribution in [-0.2, 0) is 10.2 Å². The Morgan fingerprint density at radius 1 is 1.19 bits per heavy atom. The first kappa shape index (κ1) is 16.2. The first-order valence-corrected chi connectivity index (χ1v) is 8.20. The highest BCUT2D eigenvalue weighted by Gasteiger charge is 2.25. The second kappa shape index (κ2) is 6.69. The van der Waals surface area contributed by atoms with E-state index in [1.54, 1.807) is 0 Å². The van der Waals surface area contributed by atoms with E-state index in [1.165, 1.54) is 30.7 Å². The Balaban J connectivity index is 2.29. The Kier molecular flexibility index (Phi) is 5.15. The van der Waals surface area contributed by atoms with E-state index in [1.807, 2.05) is 0 Å². The summed E-state index contributed by atoms with van der Waals surface area (Å²) in [7, 11) is -0.736. The highest BCUT2D eigenvalue weighted by atomic mass is 35.5. The van der Waals surface area contributed by atoms with Gasteiger partial charge in [0.2, 0.25) is 0 Å². The van der Waals surface area contributed by atoms with E-state index >= 15 is 0 Å². The summed E-state index contributed by atoms with van der Waals surface area (Å²) in [4.78, 5) is 0. The normalized spacial score (nSPS) is 16.5. The molecule has 21 heavy (non-hydrogen) atoms. The van der Waals surface area contributed by atoms with Crippen molar-refractivity contribution >= 4 is 27.5 Å². The van der Waals surface area contributed by atoms with Crippen LogP contribution in [0.15, 0.2) is 12.1 Å². The molecule has 1 aromatic carbocycles. The highest BCUT2D eigenvalue weighted by Crippen LogP contribution is 2.36. The minimum atomic E-state index is -3.64. The van der Waals surface area contributed by atoms with Crippen molar-refractivity contribution < 1.29 is 17.9 Å². The molecule has 7 nitrogen and oxygen atoms in total. The van der Waals surface area contributed by atoms with Crippen LogP contribution < -0.4 is 19.5 Å². The van der Waals surface area contributed by atoms with Gasteiger partial charge in [0.15, 0.2) is 0 Å². The van der Waals surface area contributed by atoms with Crippen molar-refractivity contribution in [1.29, 1.82) is 0 Å². The van der Waals surface area contributed by atoms with Crippen molar-refractivity contribution in [1.82, 2.24) is 9.62 Å². The smallest absolute Gasteiger partial charge is 0.301 e. The third-order valence-electron chi connectivity index (χ3n) is 3.13.